The summed E-state index contributed by atoms with van der Waals surface area (Å²) in [5.41, 5.74) is 1.10. The number of unbranched alkanes of at least 4 members (excludes halogenated alkanes) is 2. The molecule has 0 radical (unpaired) electrons. The van der Waals surface area contributed by atoms with Gasteiger partial charge in [0.05, 0.1) is 12.1 Å². The fraction of sp³-hybridized carbons (Fsp3) is 0.444. The summed E-state index contributed by atoms with van der Waals surface area (Å²) in [6.45, 7) is 4.51. The Hall–Kier alpha value is -0.940. The zero-order chi connectivity index (χ0) is 16.5. The van der Waals surface area contributed by atoms with Gasteiger partial charge in [-0.05, 0) is 42.1 Å². The van der Waals surface area contributed by atoms with E-state index in [1.54, 1.807) is 18.4 Å². The predicted molar refractivity (Wildman–Crippen MR) is 105 cm³/mol. The molecule has 6 heteroatoms. The van der Waals surface area contributed by atoms with Crippen LogP contribution in [0.2, 0.25) is 5.02 Å². The van der Waals surface area contributed by atoms with Gasteiger partial charge in [-0.1, -0.05) is 37.4 Å². The first kappa shape index (κ1) is 21.1. The van der Waals surface area contributed by atoms with Gasteiger partial charge >= 0.3 is 0 Å². The molecule has 1 aromatic heterocycles. The molecule has 0 aliphatic heterocycles. The number of nitrogens with one attached hydrogen (secondary N) is 1. The van der Waals surface area contributed by atoms with E-state index in [-0.39, 0.29) is 12.4 Å². The second-order valence-corrected chi connectivity index (χ2v) is 6.80. The first-order valence-corrected chi connectivity index (χ1v) is 9.22. The van der Waals surface area contributed by atoms with Crippen LogP contribution in [0.4, 0.5) is 0 Å². The predicted octanol–water partition coefficient (Wildman–Crippen LogP) is 5.69. The number of thiophene rings is 1. The van der Waals surface area contributed by atoms with Crippen molar-refractivity contribution in [3.8, 4) is 11.5 Å². The minimum Gasteiger partial charge on any atom is -0.493 e. The summed E-state index contributed by atoms with van der Waals surface area (Å²) in [4.78, 5) is 1.16. The Labute approximate surface area is 159 Å². The molecule has 3 nitrogen and oxygen atoms in total. The monoisotopic (exact) mass is 389 g/mol. The fourth-order valence-electron chi connectivity index (χ4n) is 2.29. The molecule has 0 amide bonds. The summed E-state index contributed by atoms with van der Waals surface area (Å²) in [5, 5.41) is 6.06. The quantitative estimate of drug-likeness (QED) is 0.529. The van der Waals surface area contributed by atoms with Crippen LogP contribution in [-0.4, -0.2) is 13.7 Å². The smallest absolute Gasteiger partial charge is 0.180 e. The Kier molecular flexibility index (Phi) is 10.2. The average molecular weight is 390 g/mol. The van der Waals surface area contributed by atoms with Gasteiger partial charge in [-0.2, -0.15) is 0 Å². The highest BCUT2D eigenvalue weighted by Crippen LogP contribution is 2.37. The highest BCUT2D eigenvalue weighted by atomic mass is 35.5. The van der Waals surface area contributed by atoms with Crippen LogP contribution >= 0.6 is 35.3 Å². The molecule has 0 aliphatic rings. The molecule has 24 heavy (non-hydrogen) atoms. The number of ether oxygens (including phenoxy) is 2. The van der Waals surface area contributed by atoms with Gasteiger partial charge in [0.15, 0.2) is 11.5 Å². The van der Waals surface area contributed by atoms with Crippen molar-refractivity contribution in [2.75, 3.05) is 13.7 Å². The van der Waals surface area contributed by atoms with E-state index in [1.165, 1.54) is 19.3 Å². The van der Waals surface area contributed by atoms with Gasteiger partial charge in [0.2, 0.25) is 0 Å². The Bertz CT molecular complexity index is 591. The van der Waals surface area contributed by atoms with E-state index in [2.05, 4.69) is 12.2 Å². The first-order valence-electron chi connectivity index (χ1n) is 7.97. The van der Waals surface area contributed by atoms with Crippen LogP contribution in [0.3, 0.4) is 0 Å². The second-order valence-electron chi connectivity index (χ2n) is 5.36. The lowest BCUT2D eigenvalue weighted by molar-refractivity contribution is 0.287. The number of halogens is 2. The third-order valence-electron chi connectivity index (χ3n) is 3.51. The van der Waals surface area contributed by atoms with E-state index >= 15 is 0 Å². The van der Waals surface area contributed by atoms with Crippen LogP contribution in [0, 0.1) is 0 Å². The molecule has 0 saturated heterocycles. The molecular weight excluding hydrogens is 365 g/mol. The molecule has 1 N–H and O–H groups in total. The maximum atomic E-state index is 6.39. The van der Waals surface area contributed by atoms with Crippen LogP contribution in [-0.2, 0) is 13.2 Å². The summed E-state index contributed by atoms with van der Waals surface area (Å²) in [5.74, 6) is 1.29. The number of hydrogen-bond donors (Lipinski definition) is 1. The Morgan fingerprint density at radius 3 is 2.75 bits per heavy atom. The van der Waals surface area contributed by atoms with Crippen molar-refractivity contribution in [3.63, 3.8) is 0 Å². The van der Waals surface area contributed by atoms with Crippen molar-refractivity contribution in [3.05, 3.63) is 45.1 Å². The van der Waals surface area contributed by atoms with E-state index in [4.69, 9.17) is 21.1 Å². The summed E-state index contributed by atoms with van der Waals surface area (Å²) in [7, 11) is 1.64. The molecule has 0 bridgehead atoms. The van der Waals surface area contributed by atoms with Crippen LogP contribution in [0.25, 0.3) is 0 Å². The zero-order valence-corrected chi connectivity index (χ0v) is 16.5. The lowest BCUT2D eigenvalue weighted by atomic mass is 10.2. The number of methoxy groups -OCH3 is 1. The summed E-state index contributed by atoms with van der Waals surface area (Å²) in [6, 6.07) is 7.98. The third-order valence-corrected chi connectivity index (χ3v) is 4.64. The first-order chi connectivity index (χ1) is 11.2. The summed E-state index contributed by atoms with van der Waals surface area (Å²) >= 11 is 8.05. The van der Waals surface area contributed by atoms with Crippen LogP contribution in [0.5, 0.6) is 11.5 Å². The van der Waals surface area contributed by atoms with E-state index < -0.39 is 0 Å². The largest absolute Gasteiger partial charge is 0.493 e. The molecule has 2 rings (SSSR count). The van der Waals surface area contributed by atoms with Gasteiger partial charge < -0.3 is 14.8 Å². The molecule has 0 atom stereocenters. The molecule has 0 unspecified atom stereocenters. The molecule has 1 heterocycles. The lowest BCUT2D eigenvalue weighted by Gasteiger charge is -2.14. The number of benzene rings is 1. The maximum absolute atomic E-state index is 6.39. The molecule has 0 spiro atoms. The van der Waals surface area contributed by atoms with E-state index in [0.29, 0.717) is 23.1 Å². The zero-order valence-electron chi connectivity index (χ0n) is 14.1. The third kappa shape index (κ3) is 6.52. The van der Waals surface area contributed by atoms with Crippen molar-refractivity contribution in [2.45, 2.75) is 39.3 Å². The van der Waals surface area contributed by atoms with Crippen molar-refractivity contribution < 1.29 is 9.47 Å². The van der Waals surface area contributed by atoms with Crippen molar-refractivity contribution in [1.29, 1.82) is 0 Å². The minimum atomic E-state index is 0. The molecular formula is C18H25Cl2NO2S. The van der Waals surface area contributed by atoms with Crippen LogP contribution < -0.4 is 14.8 Å². The average Bonchev–Trinajstić information content (AvgIpc) is 3.06. The van der Waals surface area contributed by atoms with Gasteiger partial charge in [0.1, 0.15) is 6.61 Å². The second kappa shape index (κ2) is 11.6. The van der Waals surface area contributed by atoms with E-state index in [0.717, 1.165) is 23.5 Å². The molecule has 2 aromatic rings. The number of rotatable bonds is 10. The number of hydrogen-bond acceptors (Lipinski definition) is 4. The summed E-state index contributed by atoms with van der Waals surface area (Å²) in [6.07, 6.45) is 3.69. The Balaban J connectivity index is 0.00000288. The topological polar surface area (TPSA) is 30.5 Å². The molecule has 0 fully saturated rings. The van der Waals surface area contributed by atoms with E-state index in [1.807, 2.05) is 29.6 Å². The van der Waals surface area contributed by atoms with Gasteiger partial charge in [-0.25, -0.2) is 0 Å². The normalized spacial score (nSPS) is 10.3. The van der Waals surface area contributed by atoms with Crippen LogP contribution in [0.15, 0.2) is 29.6 Å². The highest BCUT2D eigenvalue weighted by molar-refractivity contribution is 7.09. The Morgan fingerprint density at radius 2 is 2.08 bits per heavy atom. The van der Waals surface area contributed by atoms with Gasteiger partial charge in [0.25, 0.3) is 0 Å². The molecule has 1 aromatic carbocycles. The van der Waals surface area contributed by atoms with Gasteiger partial charge in [0, 0.05) is 11.4 Å². The standard InChI is InChI=1S/C18H24ClNO2S.ClH/c1-3-4-5-8-20-12-14-10-16(19)18(17(11-14)21-2)22-13-15-7-6-9-23-15;/h6-7,9-11,20H,3-5,8,12-13H2,1-2H3;1H. The van der Waals surface area contributed by atoms with E-state index in [9.17, 15) is 0 Å². The Morgan fingerprint density at radius 1 is 1.25 bits per heavy atom. The van der Waals surface area contributed by atoms with Crippen molar-refractivity contribution >= 4 is 35.3 Å². The van der Waals surface area contributed by atoms with Crippen molar-refractivity contribution in [1.82, 2.24) is 5.32 Å². The van der Waals surface area contributed by atoms with Gasteiger partial charge in [-0.3, -0.25) is 0 Å². The highest BCUT2D eigenvalue weighted by Gasteiger charge is 2.12. The SMILES string of the molecule is CCCCCNCc1cc(Cl)c(OCc2cccs2)c(OC)c1.Cl. The van der Waals surface area contributed by atoms with Gasteiger partial charge in [-0.15, -0.1) is 23.7 Å². The maximum Gasteiger partial charge on any atom is 0.180 e. The lowest BCUT2D eigenvalue weighted by Crippen LogP contribution is -2.14. The van der Waals surface area contributed by atoms with Crippen molar-refractivity contribution in [2.24, 2.45) is 0 Å². The minimum absolute atomic E-state index is 0. The molecule has 0 aliphatic carbocycles. The summed E-state index contributed by atoms with van der Waals surface area (Å²) < 4.78 is 11.3. The molecule has 0 saturated carbocycles. The van der Waals surface area contributed by atoms with Crippen LogP contribution in [0.1, 0.15) is 36.6 Å². The fourth-order valence-corrected chi connectivity index (χ4v) is 3.19. The molecule has 134 valence electrons.